The number of esters is 1. The molecule has 0 bridgehead atoms. The number of anilines is 2. The predicted octanol–water partition coefficient (Wildman–Crippen LogP) is 2.66. The third kappa shape index (κ3) is 2.58. The van der Waals surface area contributed by atoms with E-state index >= 15 is 0 Å². The van der Waals surface area contributed by atoms with Gasteiger partial charge in [-0.1, -0.05) is 13.8 Å². The average molecular weight is 248 g/mol. The molecule has 1 saturated carbocycles. The summed E-state index contributed by atoms with van der Waals surface area (Å²) in [5, 5.41) is 3.38. The van der Waals surface area contributed by atoms with Gasteiger partial charge in [0, 0.05) is 6.04 Å². The smallest absolute Gasteiger partial charge is 0.338 e. The van der Waals surface area contributed by atoms with Crippen LogP contribution in [0.2, 0.25) is 0 Å². The van der Waals surface area contributed by atoms with E-state index in [0.29, 0.717) is 29.3 Å². The van der Waals surface area contributed by atoms with E-state index in [4.69, 9.17) is 10.5 Å². The van der Waals surface area contributed by atoms with Crippen molar-refractivity contribution in [1.82, 2.24) is 0 Å². The summed E-state index contributed by atoms with van der Waals surface area (Å²) in [5.74, 6) is -0.310. The molecule has 1 aliphatic rings. The van der Waals surface area contributed by atoms with Gasteiger partial charge in [-0.25, -0.2) is 4.79 Å². The second-order valence-corrected chi connectivity index (χ2v) is 5.41. The summed E-state index contributed by atoms with van der Waals surface area (Å²) < 4.78 is 4.98. The molecule has 1 aliphatic carbocycles. The molecule has 18 heavy (non-hydrogen) atoms. The topological polar surface area (TPSA) is 64.3 Å². The van der Waals surface area contributed by atoms with E-state index in [1.807, 2.05) is 0 Å². The van der Waals surface area contributed by atoms with Crippen LogP contribution in [-0.2, 0) is 4.74 Å². The second-order valence-electron chi connectivity index (χ2n) is 5.41. The Labute approximate surface area is 108 Å². The quantitative estimate of drug-likeness (QED) is 0.635. The second kappa shape index (κ2) is 4.52. The molecule has 98 valence electrons. The largest absolute Gasteiger partial charge is 0.462 e. The Bertz CT molecular complexity index is 469. The number of hydrogen-bond acceptors (Lipinski definition) is 4. The van der Waals surface area contributed by atoms with Crippen molar-refractivity contribution in [3.63, 3.8) is 0 Å². The van der Waals surface area contributed by atoms with Gasteiger partial charge in [0.25, 0.3) is 0 Å². The minimum atomic E-state index is -0.310. The number of carbonyl (C=O) groups excluding carboxylic acids is 1. The number of carbonyl (C=O) groups is 1. The number of rotatable bonds is 4. The molecule has 0 heterocycles. The fourth-order valence-electron chi connectivity index (χ4n) is 1.92. The predicted molar refractivity (Wildman–Crippen MR) is 72.6 cm³/mol. The molecule has 4 heteroatoms. The van der Waals surface area contributed by atoms with Gasteiger partial charge in [-0.15, -0.1) is 0 Å². The molecule has 0 amide bonds. The molecular formula is C14H20N2O2. The van der Waals surface area contributed by atoms with Crippen LogP contribution in [0.4, 0.5) is 11.4 Å². The Morgan fingerprint density at radius 1 is 1.56 bits per heavy atom. The van der Waals surface area contributed by atoms with Crippen molar-refractivity contribution in [2.24, 2.45) is 5.41 Å². The highest BCUT2D eigenvalue weighted by Crippen LogP contribution is 2.47. The fraction of sp³-hybridized carbons (Fsp3) is 0.500. The summed E-state index contributed by atoms with van der Waals surface area (Å²) in [6.07, 6.45) is 1.12. The van der Waals surface area contributed by atoms with Crippen molar-refractivity contribution in [3.05, 3.63) is 23.8 Å². The maximum Gasteiger partial charge on any atom is 0.338 e. The average Bonchev–Trinajstić information content (AvgIpc) is 2.89. The normalized spacial score (nSPS) is 20.3. The molecule has 1 fully saturated rings. The number of nitrogen functional groups attached to an aromatic ring is 1. The van der Waals surface area contributed by atoms with Gasteiger partial charge in [0.1, 0.15) is 0 Å². The molecule has 4 nitrogen and oxygen atoms in total. The molecule has 0 aliphatic heterocycles. The Morgan fingerprint density at radius 2 is 2.22 bits per heavy atom. The number of nitrogens with one attached hydrogen (secondary N) is 1. The Hall–Kier alpha value is -1.71. The van der Waals surface area contributed by atoms with E-state index in [2.05, 4.69) is 19.2 Å². The molecule has 0 aromatic heterocycles. The molecule has 2 rings (SSSR count). The minimum Gasteiger partial charge on any atom is -0.462 e. The van der Waals surface area contributed by atoms with Gasteiger partial charge in [0.05, 0.1) is 23.5 Å². The van der Waals surface area contributed by atoms with Gasteiger partial charge in [-0.2, -0.15) is 0 Å². The van der Waals surface area contributed by atoms with Gasteiger partial charge in [0.15, 0.2) is 0 Å². The zero-order valence-corrected chi connectivity index (χ0v) is 11.1. The van der Waals surface area contributed by atoms with Gasteiger partial charge >= 0.3 is 5.97 Å². The molecule has 0 saturated heterocycles. The highest BCUT2D eigenvalue weighted by atomic mass is 16.5. The lowest BCUT2D eigenvalue weighted by molar-refractivity contribution is 0.0526. The van der Waals surface area contributed by atoms with Crippen LogP contribution in [-0.4, -0.2) is 18.6 Å². The molecule has 3 N–H and O–H groups in total. The van der Waals surface area contributed by atoms with Gasteiger partial charge in [-0.3, -0.25) is 0 Å². The van der Waals surface area contributed by atoms with Crippen molar-refractivity contribution in [3.8, 4) is 0 Å². The molecule has 0 spiro atoms. The maximum atomic E-state index is 11.6. The van der Waals surface area contributed by atoms with E-state index in [1.165, 1.54) is 0 Å². The zero-order valence-electron chi connectivity index (χ0n) is 11.1. The SMILES string of the molecule is CCOC(=O)c1ccc(N)c(NC2CC2(C)C)c1. The zero-order chi connectivity index (χ0) is 13.3. The van der Waals surface area contributed by atoms with E-state index in [1.54, 1.807) is 25.1 Å². The van der Waals surface area contributed by atoms with Crippen molar-refractivity contribution in [2.45, 2.75) is 33.2 Å². The molecule has 0 radical (unpaired) electrons. The molecule has 1 atom stereocenters. The Morgan fingerprint density at radius 3 is 2.78 bits per heavy atom. The highest BCUT2D eigenvalue weighted by molar-refractivity contribution is 5.92. The first-order chi connectivity index (χ1) is 8.44. The van der Waals surface area contributed by atoms with E-state index in [9.17, 15) is 4.79 Å². The van der Waals surface area contributed by atoms with Crippen molar-refractivity contribution in [2.75, 3.05) is 17.7 Å². The third-order valence-electron chi connectivity index (χ3n) is 3.41. The molecule has 1 aromatic carbocycles. The van der Waals surface area contributed by atoms with E-state index < -0.39 is 0 Å². The lowest BCUT2D eigenvalue weighted by atomic mass is 10.1. The van der Waals surface area contributed by atoms with E-state index in [-0.39, 0.29) is 5.97 Å². The van der Waals surface area contributed by atoms with Crippen LogP contribution in [0.15, 0.2) is 18.2 Å². The first-order valence-corrected chi connectivity index (χ1v) is 6.27. The lowest BCUT2D eigenvalue weighted by Crippen LogP contribution is -2.12. The molecule has 1 unspecified atom stereocenters. The monoisotopic (exact) mass is 248 g/mol. The number of hydrogen-bond donors (Lipinski definition) is 2. The maximum absolute atomic E-state index is 11.6. The van der Waals surface area contributed by atoms with Crippen molar-refractivity contribution in [1.29, 1.82) is 0 Å². The fourth-order valence-corrected chi connectivity index (χ4v) is 1.92. The van der Waals surface area contributed by atoms with Gasteiger partial charge in [0.2, 0.25) is 0 Å². The van der Waals surface area contributed by atoms with Crippen molar-refractivity contribution >= 4 is 17.3 Å². The summed E-state index contributed by atoms with van der Waals surface area (Å²) in [7, 11) is 0. The lowest BCUT2D eigenvalue weighted by Gasteiger charge is -2.12. The Kier molecular flexibility index (Phi) is 3.20. The Balaban J connectivity index is 2.14. The first-order valence-electron chi connectivity index (χ1n) is 6.27. The molecule has 1 aromatic rings. The standard InChI is InChI=1S/C14H20N2O2/c1-4-18-13(17)9-5-6-10(15)11(7-9)16-12-8-14(12,2)3/h5-7,12,16H,4,8,15H2,1-3H3. The van der Waals surface area contributed by atoms with Crippen molar-refractivity contribution < 1.29 is 9.53 Å². The van der Waals surface area contributed by atoms with Gasteiger partial charge < -0.3 is 15.8 Å². The van der Waals surface area contributed by atoms with Crippen LogP contribution in [0.25, 0.3) is 0 Å². The van der Waals surface area contributed by atoms with Crippen LogP contribution in [0, 0.1) is 5.41 Å². The summed E-state index contributed by atoms with van der Waals surface area (Å²) >= 11 is 0. The highest BCUT2D eigenvalue weighted by Gasteiger charge is 2.45. The first kappa shape index (κ1) is 12.7. The van der Waals surface area contributed by atoms with Crippen LogP contribution in [0.5, 0.6) is 0 Å². The third-order valence-corrected chi connectivity index (χ3v) is 3.41. The molecular weight excluding hydrogens is 228 g/mol. The number of nitrogens with two attached hydrogens (primary N) is 1. The van der Waals surface area contributed by atoms with Crippen LogP contribution in [0.3, 0.4) is 0 Å². The number of ether oxygens (including phenoxy) is 1. The van der Waals surface area contributed by atoms with Gasteiger partial charge in [-0.05, 0) is 37.0 Å². The van der Waals surface area contributed by atoms with Crippen LogP contribution in [0.1, 0.15) is 37.6 Å². The van der Waals surface area contributed by atoms with E-state index in [0.717, 1.165) is 12.1 Å². The summed E-state index contributed by atoms with van der Waals surface area (Å²) in [4.78, 5) is 11.6. The summed E-state index contributed by atoms with van der Waals surface area (Å²) in [5.41, 5.74) is 8.23. The summed E-state index contributed by atoms with van der Waals surface area (Å²) in [6, 6.07) is 5.62. The summed E-state index contributed by atoms with van der Waals surface area (Å²) in [6.45, 7) is 6.58. The van der Waals surface area contributed by atoms with Crippen LogP contribution < -0.4 is 11.1 Å². The number of benzene rings is 1. The van der Waals surface area contributed by atoms with Crippen LogP contribution >= 0.6 is 0 Å². The minimum absolute atomic E-state index is 0.310.